The van der Waals surface area contributed by atoms with Crippen LogP contribution in [0, 0.1) is 30.0 Å². The van der Waals surface area contributed by atoms with Crippen molar-refractivity contribution >= 4 is 43.9 Å². The largest absolute Gasteiger partial charge is 0.416 e. The quantitative estimate of drug-likeness (QED) is 0.241. The Morgan fingerprint density at radius 2 is 1.54 bits per heavy atom. The van der Waals surface area contributed by atoms with Gasteiger partial charge in [-0.2, -0.15) is 31.6 Å². The van der Waals surface area contributed by atoms with E-state index in [1.54, 1.807) is 6.92 Å². The molecule has 1 aliphatic heterocycles. The Labute approximate surface area is 288 Å². The zero-order valence-corrected chi connectivity index (χ0v) is 29.1. The lowest BCUT2D eigenvalue weighted by molar-refractivity contribution is -0.143. The van der Waals surface area contributed by atoms with E-state index < -0.39 is 62.1 Å². The number of anilines is 2. The van der Waals surface area contributed by atoms with E-state index in [-0.39, 0.29) is 29.7 Å². The van der Waals surface area contributed by atoms with Crippen molar-refractivity contribution in [3.63, 3.8) is 0 Å². The average Bonchev–Trinajstić information content (AvgIpc) is 3.37. The molecule has 0 unspecified atom stereocenters. The first-order valence-electron chi connectivity index (χ1n) is 15.1. The Bertz CT molecular complexity index is 1920. The number of carbonyl (C=O) groups is 2. The first-order valence-corrected chi connectivity index (χ1v) is 17.8. The molecule has 1 aliphatic rings. The minimum absolute atomic E-state index is 0.00803. The fraction of sp³-hybridized carbons (Fsp3) is 0.424. The first-order chi connectivity index (χ1) is 22.9. The van der Waals surface area contributed by atoms with E-state index in [4.69, 9.17) is 0 Å². The molecule has 1 saturated heterocycles. The van der Waals surface area contributed by atoms with Gasteiger partial charge in [0, 0.05) is 26.6 Å². The number of sulfonamides is 1. The summed E-state index contributed by atoms with van der Waals surface area (Å²) in [5.74, 6) is -2.29. The van der Waals surface area contributed by atoms with Crippen LogP contribution in [0.5, 0.6) is 0 Å². The van der Waals surface area contributed by atoms with Gasteiger partial charge in [-0.1, -0.05) is 6.07 Å². The van der Waals surface area contributed by atoms with Crippen LogP contribution in [-0.2, 0) is 37.4 Å². The molecule has 3 aromatic rings. The molecule has 1 fully saturated rings. The Kier molecular flexibility index (Phi) is 10.7. The van der Waals surface area contributed by atoms with Gasteiger partial charge in [-0.15, -0.1) is 11.3 Å². The molecule has 0 bridgehead atoms. The highest BCUT2D eigenvalue weighted by atomic mass is 32.2. The number of nitriles is 1. The Morgan fingerprint density at radius 1 is 1.00 bits per heavy atom. The van der Waals surface area contributed by atoms with Crippen LogP contribution in [0.4, 0.5) is 41.4 Å². The minimum Gasteiger partial charge on any atom is -0.362 e. The Morgan fingerprint density at radius 3 is 2.02 bits per heavy atom. The van der Waals surface area contributed by atoms with Gasteiger partial charge in [-0.25, -0.2) is 12.8 Å². The summed E-state index contributed by atoms with van der Waals surface area (Å²) in [6, 6.07) is 6.94. The average molecular weight is 747 g/mol. The summed E-state index contributed by atoms with van der Waals surface area (Å²) in [6.07, 6.45) is -8.57. The third kappa shape index (κ3) is 8.40. The second-order valence-corrected chi connectivity index (χ2v) is 15.5. The molecule has 4 rings (SSSR count). The number of thiophene rings is 1. The molecule has 0 atom stereocenters. The summed E-state index contributed by atoms with van der Waals surface area (Å²) >= 11 is 1.11. The second kappa shape index (κ2) is 13.9. The lowest BCUT2D eigenvalue weighted by Crippen LogP contribution is -2.42. The van der Waals surface area contributed by atoms with Crippen LogP contribution in [0.15, 0.2) is 36.4 Å². The van der Waals surface area contributed by atoms with Gasteiger partial charge in [0.2, 0.25) is 21.8 Å². The number of aryl methyl sites for hydroxylation is 1. The van der Waals surface area contributed by atoms with Gasteiger partial charge < -0.3 is 9.80 Å². The number of likely N-dealkylation sites (N-methyl/N-ethyl adjacent to an activating group) is 1. The van der Waals surface area contributed by atoms with Crippen molar-refractivity contribution in [1.29, 1.82) is 5.26 Å². The molecular weight excluding hydrogens is 714 g/mol. The van der Waals surface area contributed by atoms with Gasteiger partial charge in [-0.3, -0.25) is 14.3 Å². The molecule has 50 heavy (non-hydrogen) atoms. The predicted molar refractivity (Wildman–Crippen MR) is 175 cm³/mol. The van der Waals surface area contributed by atoms with Crippen LogP contribution in [0.1, 0.15) is 60.9 Å². The SMILES string of the molecule is Cc1cc(F)ccc1-c1sc(N2CCC(CC(=O)NS(C)(=O)=O)CC2)c(C#N)c1N(C)C(=O)C(C)(C)c1cc(C(F)(F)F)cc(C(F)(F)F)c1. The predicted octanol–water partition coefficient (Wildman–Crippen LogP) is 7.39. The number of halogens is 7. The molecular formula is C33H33F7N4O4S2. The molecule has 0 spiro atoms. The molecule has 2 aromatic carbocycles. The topological polar surface area (TPSA) is 111 Å². The zero-order valence-electron chi connectivity index (χ0n) is 27.5. The van der Waals surface area contributed by atoms with Gasteiger partial charge >= 0.3 is 12.4 Å². The molecule has 1 N–H and O–H groups in total. The van der Waals surface area contributed by atoms with Crippen molar-refractivity contribution < 1.29 is 48.7 Å². The highest BCUT2D eigenvalue weighted by Gasteiger charge is 2.42. The van der Waals surface area contributed by atoms with E-state index in [1.807, 2.05) is 9.62 Å². The van der Waals surface area contributed by atoms with Crippen LogP contribution in [0.2, 0.25) is 0 Å². The number of hydrogen-bond donors (Lipinski definition) is 1. The highest BCUT2D eigenvalue weighted by Crippen LogP contribution is 2.50. The standard InChI is InChI=1S/C33H33F7N4O4S2/c1-18-12-23(34)6-7-24(18)28-27(25(17-41)29(49-28)44-10-8-19(9-11-44)13-26(45)42-50(5,47)48)43(4)30(46)31(2,3)20-14-21(32(35,36)37)16-22(15-20)33(38,39)40/h6-7,12,14-16,19H,8-11,13H2,1-5H3,(H,42,45). The normalized spacial score (nSPS) is 14.7. The Hall–Kier alpha value is -4.17. The second-order valence-electron chi connectivity index (χ2n) is 12.7. The monoisotopic (exact) mass is 746 g/mol. The van der Waals surface area contributed by atoms with Crippen LogP contribution in [0.3, 0.4) is 0 Å². The summed E-state index contributed by atoms with van der Waals surface area (Å²) < 4.78 is 121. The van der Waals surface area contributed by atoms with Crippen molar-refractivity contribution in [1.82, 2.24) is 4.72 Å². The molecule has 0 aliphatic carbocycles. The van der Waals surface area contributed by atoms with E-state index in [0.717, 1.165) is 22.5 Å². The summed E-state index contributed by atoms with van der Waals surface area (Å²) in [4.78, 5) is 29.6. The molecule has 17 heteroatoms. The van der Waals surface area contributed by atoms with Crippen molar-refractivity contribution in [3.05, 3.63) is 70.0 Å². The van der Waals surface area contributed by atoms with Crippen molar-refractivity contribution in [3.8, 4) is 16.5 Å². The third-order valence-electron chi connectivity index (χ3n) is 8.57. The number of hydrogen-bond acceptors (Lipinski definition) is 7. The number of benzene rings is 2. The molecule has 1 aromatic heterocycles. The van der Waals surface area contributed by atoms with Gasteiger partial charge in [0.25, 0.3) is 0 Å². The number of amides is 2. The van der Waals surface area contributed by atoms with Crippen LogP contribution >= 0.6 is 11.3 Å². The van der Waals surface area contributed by atoms with E-state index in [0.29, 0.717) is 59.1 Å². The molecule has 0 saturated carbocycles. The lowest BCUT2D eigenvalue weighted by atomic mass is 9.81. The van der Waals surface area contributed by atoms with Crippen LogP contribution in [-0.4, -0.2) is 46.6 Å². The zero-order chi connectivity index (χ0) is 37.6. The lowest BCUT2D eigenvalue weighted by Gasteiger charge is -2.33. The summed E-state index contributed by atoms with van der Waals surface area (Å²) in [5.41, 5.74) is -4.75. The highest BCUT2D eigenvalue weighted by molar-refractivity contribution is 7.89. The number of nitrogens with one attached hydrogen (secondary N) is 1. The van der Waals surface area contributed by atoms with E-state index >= 15 is 0 Å². The van der Waals surface area contributed by atoms with Gasteiger partial charge in [0.05, 0.1) is 33.4 Å². The van der Waals surface area contributed by atoms with Crippen LogP contribution in [0.25, 0.3) is 10.4 Å². The van der Waals surface area contributed by atoms with Crippen molar-refractivity contribution in [2.75, 3.05) is 36.2 Å². The van der Waals surface area contributed by atoms with Crippen molar-refractivity contribution in [2.24, 2.45) is 5.92 Å². The first kappa shape index (κ1) is 38.6. The summed E-state index contributed by atoms with van der Waals surface area (Å²) in [7, 11) is -2.46. The maximum absolute atomic E-state index is 14.2. The number of nitrogens with zero attached hydrogens (tertiary/aromatic N) is 3. The summed E-state index contributed by atoms with van der Waals surface area (Å²) in [5, 5.41) is 10.9. The van der Waals surface area contributed by atoms with Gasteiger partial charge in [0.1, 0.15) is 22.5 Å². The number of carbonyl (C=O) groups excluding carboxylic acids is 2. The van der Waals surface area contributed by atoms with E-state index in [9.17, 15) is 54.0 Å². The minimum atomic E-state index is -5.14. The maximum Gasteiger partial charge on any atom is 0.416 e. The number of alkyl halides is 6. The fourth-order valence-electron chi connectivity index (χ4n) is 5.93. The Balaban J connectivity index is 1.79. The molecule has 0 radical (unpaired) electrons. The smallest absolute Gasteiger partial charge is 0.362 e. The molecule has 2 heterocycles. The molecule has 8 nitrogen and oxygen atoms in total. The fourth-order valence-corrected chi connectivity index (χ4v) is 7.85. The van der Waals surface area contributed by atoms with Gasteiger partial charge in [0.15, 0.2) is 0 Å². The van der Waals surface area contributed by atoms with E-state index in [1.165, 1.54) is 39.1 Å². The van der Waals surface area contributed by atoms with Gasteiger partial charge in [-0.05, 0) is 86.6 Å². The number of rotatable bonds is 8. The third-order valence-corrected chi connectivity index (χ3v) is 10.4. The number of piperidine rings is 1. The van der Waals surface area contributed by atoms with E-state index in [2.05, 4.69) is 6.07 Å². The molecule has 2 amide bonds. The maximum atomic E-state index is 14.2. The van der Waals surface area contributed by atoms with Crippen LogP contribution < -0.4 is 14.5 Å². The summed E-state index contributed by atoms with van der Waals surface area (Å²) in [6.45, 7) is 4.65. The molecule has 270 valence electrons. The van der Waals surface area contributed by atoms with Crippen molar-refractivity contribution in [2.45, 2.75) is 57.8 Å².